The molecule has 1 saturated carbocycles. The zero-order valence-corrected chi connectivity index (χ0v) is 23.5. The van der Waals surface area contributed by atoms with E-state index in [1.54, 1.807) is 22.5 Å². The average molecular weight is 600 g/mol. The van der Waals surface area contributed by atoms with Gasteiger partial charge in [0.2, 0.25) is 10.0 Å². The topological polar surface area (TPSA) is 107 Å². The number of sulfonamides is 1. The molecule has 0 spiro atoms. The number of ether oxygens (including phenoxy) is 2. The summed E-state index contributed by atoms with van der Waals surface area (Å²) in [7, 11) is -1.70. The van der Waals surface area contributed by atoms with Crippen LogP contribution >= 0.6 is 0 Å². The second-order valence-corrected chi connectivity index (χ2v) is 12.6. The molecule has 1 N–H and O–H groups in total. The molecule has 13 heteroatoms. The van der Waals surface area contributed by atoms with E-state index in [0.717, 1.165) is 54.4 Å². The Bertz CT molecular complexity index is 1710. The van der Waals surface area contributed by atoms with E-state index in [-0.39, 0.29) is 16.9 Å². The highest BCUT2D eigenvalue weighted by atomic mass is 32.2. The van der Waals surface area contributed by atoms with Crippen molar-refractivity contribution in [1.29, 1.82) is 0 Å². The summed E-state index contributed by atoms with van der Waals surface area (Å²) < 4.78 is 76.6. The Balaban J connectivity index is 1.19. The van der Waals surface area contributed by atoms with Crippen LogP contribution in [-0.4, -0.2) is 53.1 Å². The number of fused-ring (bicyclic) bond motifs is 1. The molecule has 0 bridgehead atoms. The zero-order chi connectivity index (χ0) is 29.5. The maximum absolute atomic E-state index is 12.8. The third kappa shape index (κ3) is 5.84. The number of hydrogen-bond donors (Lipinski definition) is 1. The van der Waals surface area contributed by atoms with Crippen LogP contribution in [-0.2, 0) is 16.2 Å². The fraction of sp³-hybridized carbons (Fsp3) is 0.345. The fourth-order valence-corrected chi connectivity index (χ4v) is 7.02. The van der Waals surface area contributed by atoms with Crippen LogP contribution in [0.15, 0.2) is 61.1 Å². The van der Waals surface area contributed by atoms with Crippen molar-refractivity contribution in [2.24, 2.45) is 0 Å². The van der Waals surface area contributed by atoms with Gasteiger partial charge >= 0.3 is 6.18 Å². The number of anilines is 2. The largest absolute Gasteiger partial charge is 0.493 e. The minimum absolute atomic E-state index is 0.132. The van der Waals surface area contributed by atoms with E-state index in [1.165, 1.54) is 19.5 Å². The van der Waals surface area contributed by atoms with Gasteiger partial charge in [-0.2, -0.15) is 13.2 Å². The first-order chi connectivity index (χ1) is 20.1. The number of piperidine rings is 1. The molecule has 0 radical (unpaired) electrons. The van der Waals surface area contributed by atoms with Crippen molar-refractivity contribution >= 4 is 32.4 Å². The van der Waals surface area contributed by atoms with Crippen molar-refractivity contribution < 1.29 is 31.1 Å². The standard InChI is InChI=1S/C29H28F3N5O4S/c1-40-26-15-20(3-8-25(26)41-21-4-9-27(33-16-21)29(30,31)32)36-28-23-14-19(2-7-24(23)34-17-35-28)18-10-12-37(13-11-18)42(38,39)22-5-6-22/h2-4,7-9,14-18,22H,5-6,10-13H2,1H3,(H,34,35,36). The first-order valence-electron chi connectivity index (χ1n) is 13.5. The summed E-state index contributed by atoms with van der Waals surface area (Å²) in [5.41, 5.74) is 1.50. The minimum atomic E-state index is -4.54. The van der Waals surface area contributed by atoms with E-state index in [4.69, 9.17) is 9.47 Å². The van der Waals surface area contributed by atoms with Crippen molar-refractivity contribution in [2.75, 3.05) is 25.5 Å². The molecule has 0 unspecified atom stereocenters. The van der Waals surface area contributed by atoms with Gasteiger partial charge in [-0.1, -0.05) is 6.07 Å². The smallest absolute Gasteiger partial charge is 0.433 e. The molecule has 1 aliphatic heterocycles. The van der Waals surface area contributed by atoms with Crippen LogP contribution in [0.1, 0.15) is 42.9 Å². The van der Waals surface area contributed by atoms with Crippen LogP contribution in [0, 0.1) is 0 Å². The maximum atomic E-state index is 12.8. The molecule has 2 aromatic carbocycles. The second kappa shape index (κ2) is 11.0. The third-order valence-electron chi connectivity index (χ3n) is 7.57. The molecule has 9 nitrogen and oxygen atoms in total. The Labute approximate surface area is 240 Å². The van der Waals surface area contributed by atoms with E-state index in [0.29, 0.717) is 36.1 Å². The van der Waals surface area contributed by atoms with Crippen LogP contribution in [0.2, 0.25) is 0 Å². The van der Waals surface area contributed by atoms with Crippen LogP contribution in [0.5, 0.6) is 17.2 Å². The highest BCUT2D eigenvalue weighted by Gasteiger charge is 2.41. The van der Waals surface area contributed by atoms with E-state index in [9.17, 15) is 21.6 Å². The number of nitrogens with zero attached hydrogens (tertiary/aromatic N) is 4. The van der Waals surface area contributed by atoms with Crippen LogP contribution in [0.25, 0.3) is 10.9 Å². The highest BCUT2D eigenvalue weighted by molar-refractivity contribution is 7.90. The molecule has 1 aliphatic carbocycles. The van der Waals surface area contributed by atoms with Crippen LogP contribution in [0.3, 0.4) is 0 Å². The Kier molecular flexibility index (Phi) is 7.39. The number of alkyl halides is 3. The van der Waals surface area contributed by atoms with E-state index in [1.807, 2.05) is 12.1 Å². The summed E-state index contributed by atoms with van der Waals surface area (Å²) in [6.45, 7) is 1.05. The Morgan fingerprint density at radius 3 is 2.38 bits per heavy atom. The summed E-state index contributed by atoms with van der Waals surface area (Å²) in [4.78, 5) is 12.3. The molecule has 2 fully saturated rings. The summed E-state index contributed by atoms with van der Waals surface area (Å²) in [6.07, 6.45) is 0.975. The lowest BCUT2D eigenvalue weighted by Crippen LogP contribution is -2.39. The number of methoxy groups -OCH3 is 1. The molecule has 3 heterocycles. The first kappa shape index (κ1) is 28.2. The highest BCUT2D eigenvalue weighted by Crippen LogP contribution is 2.38. The van der Waals surface area contributed by atoms with Gasteiger partial charge in [0.25, 0.3) is 0 Å². The fourth-order valence-electron chi connectivity index (χ4n) is 5.15. The molecular weight excluding hydrogens is 571 g/mol. The molecule has 6 rings (SSSR count). The summed E-state index contributed by atoms with van der Waals surface area (Å²) in [5.74, 6) is 1.59. The van der Waals surface area contributed by atoms with Gasteiger partial charge in [-0.25, -0.2) is 27.7 Å². The molecule has 2 aromatic heterocycles. The molecule has 1 saturated heterocycles. The van der Waals surface area contributed by atoms with Crippen molar-refractivity contribution in [1.82, 2.24) is 19.3 Å². The lowest BCUT2D eigenvalue weighted by Gasteiger charge is -2.31. The Morgan fingerprint density at radius 2 is 1.71 bits per heavy atom. The minimum Gasteiger partial charge on any atom is -0.493 e. The average Bonchev–Trinajstić information content (AvgIpc) is 3.84. The van der Waals surface area contributed by atoms with Gasteiger partial charge in [-0.15, -0.1) is 0 Å². The monoisotopic (exact) mass is 599 g/mol. The molecule has 2 aliphatic rings. The number of pyridine rings is 1. The number of hydrogen-bond acceptors (Lipinski definition) is 8. The third-order valence-corrected chi connectivity index (χ3v) is 9.97. The number of halogens is 3. The van der Waals surface area contributed by atoms with E-state index in [2.05, 4.69) is 26.3 Å². The lowest BCUT2D eigenvalue weighted by molar-refractivity contribution is -0.141. The summed E-state index contributed by atoms with van der Waals surface area (Å²) in [5, 5.41) is 3.93. The second-order valence-electron chi connectivity index (χ2n) is 10.4. The maximum Gasteiger partial charge on any atom is 0.433 e. The van der Waals surface area contributed by atoms with Crippen LogP contribution in [0.4, 0.5) is 24.7 Å². The number of nitrogens with one attached hydrogen (secondary N) is 1. The van der Waals surface area contributed by atoms with E-state index >= 15 is 0 Å². The SMILES string of the molecule is COc1cc(Nc2ncnc3ccc(C4CCN(S(=O)(=O)C5CC5)CC4)cc23)ccc1Oc1ccc(C(F)(F)F)nc1. The molecule has 0 amide bonds. The van der Waals surface area contributed by atoms with Gasteiger partial charge < -0.3 is 14.8 Å². The quantitative estimate of drug-likeness (QED) is 0.253. The van der Waals surface area contributed by atoms with Crippen molar-refractivity contribution in [2.45, 2.75) is 43.0 Å². The van der Waals surface area contributed by atoms with Gasteiger partial charge in [0.1, 0.15) is 23.6 Å². The van der Waals surface area contributed by atoms with Crippen LogP contribution < -0.4 is 14.8 Å². The van der Waals surface area contributed by atoms with Gasteiger partial charge in [-0.3, -0.25) is 0 Å². The van der Waals surface area contributed by atoms with Crippen molar-refractivity contribution in [3.05, 3.63) is 72.3 Å². The summed E-state index contributed by atoms with van der Waals surface area (Å²) >= 11 is 0. The molecule has 0 atom stereocenters. The number of rotatable bonds is 8. The normalized spacial score (nSPS) is 16.9. The Morgan fingerprint density at radius 1 is 0.929 bits per heavy atom. The molecule has 42 heavy (non-hydrogen) atoms. The molecular formula is C29H28F3N5O4S. The van der Waals surface area contributed by atoms with Gasteiger partial charge in [0, 0.05) is 30.2 Å². The Hall–Kier alpha value is -3.97. The molecule has 220 valence electrons. The van der Waals surface area contributed by atoms with Crippen molar-refractivity contribution in [3.8, 4) is 17.2 Å². The lowest BCUT2D eigenvalue weighted by atomic mass is 9.89. The number of benzene rings is 2. The predicted molar refractivity (Wildman–Crippen MR) is 151 cm³/mol. The van der Waals surface area contributed by atoms with Gasteiger partial charge in [0.15, 0.2) is 11.5 Å². The van der Waals surface area contributed by atoms with Crippen molar-refractivity contribution in [3.63, 3.8) is 0 Å². The summed E-state index contributed by atoms with van der Waals surface area (Å²) in [6, 6.07) is 13.2. The number of aromatic nitrogens is 3. The van der Waals surface area contributed by atoms with Gasteiger partial charge in [-0.05, 0) is 73.6 Å². The zero-order valence-electron chi connectivity index (χ0n) is 22.6. The first-order valence-corrected chi connectivity index (χ1v) is 15.0. The molecule has 4 aromatic rings. The van der Waals surface area contributed by atoms with Gasteiger partial charge in [0.05, 0.1) is 24.1 Å². The predicted octanol–water partition coefficient (Wildman–Crippen LogP) is 6.26. The van der Waals surface area contributed by atoms with E-state index < -0.39 is 21.9 Å².